The normalized spacial score (nSPS) is 13.5. The fourth-order valence-electron chi connectivity index (χ4n) is 3.10. The Morgan fingerprint density at radius 2 is 2.00 bits per heavy atom. The van der Waals surface area contributed by atoms with Gasteiger partial charge in [-0.3, -0.25) is 0 Å². The minimum atomic E-state index is -0.0919. The van der Waals surface area contributed by atoms with Crippen molar-refractivity contribution in [3.63, 3.8) is 0 Å². The Hall–Kier alpha value is -3.28. The molecule has 1 N–H and O–H groups in total. The number of fused-ring (bicyclic) bond motifs is 1. The summed E-state index contributed by atoms with van der Waals surface area (Å²) in [5.41, 5.74) is 3.07. The van der Waals surface area contributed by atoms with Gasteiger partial charge < -0.3 is 19.5 Å². The van der Waals surface area contributed by atoms with E-state index in [1.165, 1.54) is 0 Å². The van der Waals surface area contributed by atoms with Gasteiger partial charge in [0.05, 0.1) is 25.1 Å². The van der Waals surface area contributed by atoms with Gasteiger partial charge in [0.2, 0.25) is 0 Å². The summed E-state index contributed by atoms with van der Waals surface area (Å²) < 4.78 is 7.67. The highest BCUT2D eigenvalue weighted by Gasteiger charge is 2.19. The van der Waals surface area contributed by atoms with E-state index in [1.807, 2.05) is 59.3 Å². The summed E-state index contributed by atoms with van der Waals surface area (Å²) in [7, 11) is 0. The number of nitrogens with one attached hydrogen (secondary N) is 1. The molecular weight excluding hydrogens is 328 g/mol. The maximum atomic E-state index is 12.7. The molecule has 0 radical (unpaired) electrons. The number of ether oxygens (including phenoxy) is 1. The van der Waals surface area contributed by atoms with Crippen LogP contribution >= 0.6 is 0 Å². The first-order chi connectivity index (χ1) is 12.8. The molecule has 2 aromatic carbocycles. The zero-order valence-corrected chi connectivity index (χ0v) is 14.3. The number of rotatable bonds is 3. The zero-order chi connectivity index (χ0) is 17.8. The van der Waals surface area contributed by atoms with Crippen LogP contribution in [0.4, 0.5) is 4.79 Å². The van der Waals surface area contributed by atoms with Crippen LogP contribution in [-0.4, -0.2) is 33.6 Å². The van der Waals surface area contributed by atoms with Crippen LogP contribution in [0.25, 0.3) is 5.69 Å². The molecule has 0 aliphatic carbocycles. The quantitative estimate of drug-likeness (QED) is 0.792. The van der Waals surface area contributed by atoms with Crippen LogP contribution in [0.3, 0.4) is 0 Å². The van der Waals surface area contributed by atoms with E-state index in [-0.39, 0.29) is 6.03 Å². The van der Waals surface area contributed by atoms with Gasteiger partial charge >= 0.3 is 6.03 Å². The second-order valence-corrected chi connectivity index (χ2v) is 6.14. The number of benzene rings is 2. The molecule has 6 heteroatoms. The third-order valence-electron chi connectivity index (χ3n) is 4.44. The minimum Gasteiger partial charge on any atom is -0.491 e. The maximum absolute atomic E-state index is 12.7. The SMILES string of the molecule is O=C(NCc1ccccc1-n1ccnc1)N1CCOc2ccccc2C1. The van der Waals surface area contributed by atoms with E-state index in [0.717, 1.165) is 22.6 Å². The smallest absolute Gasteiger partial charge is 0.318 e. The lowest BCUT2D eigenvalue weighted by molar-refractivity contribution is 0.187. The number of imidazole rings is 1. The molecule has 1 aromatic heterocycles. The number of carbonyl (C=O) groups is 1. The van der Waals surface area contributed by atoms with Crippen molar-refractivity contribution in [2.24, 2.45) is 0 Å². The van der Waals surface area contributed by atoms with Crippen molar-refractivity contribution in [3.8, 4) is 11.4 Å². The first kappa shape index (κ1) is 16.2. The van der Waals surface area contributed by atoms with Gasteiger partial charge in [-0.1, -0.05) is 36.4 Å². The largest absolute Gasteiger partial charge is 0.491 e. The Morgan fingerprint density at radius 3 is 2.88 bits per heavy atom. The third kappa shape index (κ3) is 3.39. The average Bonchev–Trinajstić information content (AvgIpc) is 3.12. The van der Waals surface area contributed by atoms with E-state index in [9.17, 15) is 4.79 Å². The van der Waals surface area contributed by atoms with E-state index >= 15 is 0 Å². The van der Waals surface area contributed by atoms with E-state index < -0.39 is 0 Å². The monoisotopic (exact) mass is 348 g/mol. The van der Waals surface area contributed by atoms with Crippen LogP contribution < -0.4 is 10.1 Å². The standard InChI is InChI=1S/C20H20N4O2/c25-20(23-11-12-26-19-8-4-2-6-17(19)14-23)22-13-16-5-1-3-7-18(16)24-10-9-21-15-24/h1-10,15H,11-14H2,(H,22,25). The lowest BCUT2D eigenvalue weighted by Crippen LogP contribution is -2.40. The highest BCUT2D eigenvalue weighted by molar-refractivity contribution is 5.74. The summed E-state index contributed by atoms with van der Waals surface area (Å²) in [4.78, 5) is 18.5. The molecule has 1 aliphatic heterocycles. The molecule has 1 aliphatic rings. The lowest BCUT2D eigenvalue weighted by Gasteiger charge is -2.21. The average molecular weight is 348 g/mol. The van der Waals surface area contributed by atoms with Crippen LogP contribution in [0.1, 0.15) is 11.1 Å². The van der Waals surface area contributed by atoms with Gasteiger partial charge in [0.25, 0.3) is 0 Å². The zero-order valence-electron chi connectivity index (χ0n) is 14.3. The highest BCUT2D eigenvalue weighted by Crippen LogP contribution is 2.22. The summed E-state index contributed by atoms with van der Waals surface area (Å²) in [6.45, 7) is 2.05. The summed E-state index contributed by atoms with van der Waals surface area (Å²) in [5, 5.41) is 3.03. The van der Waals surface area contributed by atoms with Crippen LogP contribution in [0.15, 0.2) is 67.3 Å². The summed E-state index contributed by atoms with van der Waals surface area (Å²) >= 11 is 0. The van der Waals surface area contributed by atoms with E-state index in [4.69, 9.17) is 4.74 Å². The first-order valence-electron chi connectivity index (χ1n) is 8.61. The molecule has 2 heterocycles. The summed E-state index contributed by atoms with van der Waals surface area (Å²) in [6, 6.07) is 15.7. The minimum absolute atomic E-state index is 0.0919. The van der Waals surface area contributed by atoms with Crippen LogP contribution in [0.2, 0.25) is 0 Å². The Bertz CT molecular complexity index is 892. The Balaban J connectivity index is 1.45. The molecule has 0 atom stereocenters. The van der Waals surface area contributed by atoms with Gasteiger partial charge in [-0.05, 0) is 17.7 Å². The first-order valence-corrected chi connectivity index (χ1v) is 8.61. The van der Waals surface area contributed by atoms with Crippen molar-refractivity contribution >= 4 is 6.03 Å². The van der Waals surface area contributed by atoms with E-state index in [0.29, 0.717) is 26.2 Å². The topological polar surface area (TPSA) is 59.4 Å². The molecule has 0 spiro atoms. The third-order valence-corrected chi connectivity index (χ3v) is 4.44. The molecule has 3 aromatic rings. The fourth-order valence-corrected chi connectivity index (χ4v) is 3.10. The summed E-state index contributed by atoms with van der Waals surface area (Å²) in [5.74, 6) is 0.855. The van der Waals surface area contributed by atoms with Crippen LogP contribution in [0.5, 0.6) is 5.75 Å². The highest BCUT2D eigenvalue weighted by atomic mass is 16.5. The molecule has 0 bridgehead atoms. The van der Waals surface area contributed by atoms with Crippen molar-refractivity contribution in [1.82, 2.24) is 19.8 Å². The van der Waals surface area contributed by atoms with Gasteiger partial charge in [0.15, 0.2) is 0 Å². The van der Waals surface area contributed by atoms with E-state index in [2.05, 4.69) is 10.3 Å². The molecule has 0 saturated heterocycles. The second kappa shape index (κ2) is 7.31. The Labute approximate surface area is 152 Å². The number of hydrogen-bond acceptors (Lipinski definition) is 3. The lowest BCUT2D eigenvalue weighted by atomic mass is 10.1. The number of amides is 2. The van der Waals surface area contributed by atoms with Crippen molar-refractivity contribution in [2.75, 3.05) is 13.2 Å². The Morgan fingerprint density at radius 1 is 1.15 bits per heavy atom. The maximum Gasteiger partial charge on any atom is 0.318 e. The van der Waals surface area contributed by atoms with Crippen molar-refractivity contribution in [2.45, 2.75) is 13.1 Å². The molecular formula is C20H20N4O2. The van der Waals surface area contributed by atoms with Crippen LogP contribution in [-0.2, 0) is 13.1 Å². The fraction of sp³-hybridized carbons (Fsp3) is 0.200. The Kier molecular flexibility index (Phi) is 4.55. The van der Waals surface area contributed by atoms with Gasteiger partial charge in [-0.15, -0.1) is 0 Å². The van der Waals surface area contributed by atoms with Crippen LogP contribution in [0, 0.1) is 0 Å². The molecule has 0 fully saturated rings. The number of carbonyl (C=O) groups excluding carboxylic acids is 1. The van der Waals surface area contributed by atoms with Crippen molar-refractivity contribution in [1.29, 1.82) is 0 Å². The second-order valence-electron chi connectivity index (χ2n) is 6.14. The van der Waals surface area contributed by atoms with Crippen molar-refractivity contribution in [3.05, 3.63) is 78.4 Å². The molecule has 4 rings (SSSR count). The number of hydrogen-bond donors (Lipinski definition) is 1. The number of aromatic nitrogens is 2. The summed E-state index contributed by atoms with van der Waals surface area (Å²) in [6.07, 6.45) is 5.39. The van der Waals surface area contributed by atoms with Crippen molar-refractivity contribution < 1.29 is 9.53 Å². The van der Waals surface area contributed by atoms with Gasteiger partial charge in [0, 0.05) is 24.5 Å². The number of para-hydroxylation sites is 2. The predicted molar refractivity (Wildman–Crippen MR) is 98.1 cm³/mol. The number of nitrogens with zero attached hydrogens (tertiary/aromatic N) is 3. The van der Waals surface area contributed by atoms with Gasteiger partial charge in [-0.25, -0.2) is 9.78 Å². The van der Waals surface area contributed by atoms with Gasteiger partial charge in [0.1, 0.15) is 12.4 Å². The predicted octanol–water partition coefficient (Wildman–Crippen LogP) is 2.98. The molecule has 132 valence electrons. The molecule has 26 heavy (non-hydrogen) atoms. The molecule has 6 nitrogen and oxygen atoms in total. The van der Waals surface area contributed by atoms with E-state index in [1.54, 1.807) is 17.4 Å². The molecule has 2 amide bonds. The molecule has 0 unspecified atom stereocenters. The molecule has 0 saturated carbocycles. The number of urea groups is 1. The van der Waals surface area contributed by atoms with Gasteiger partial charge in [-0.2, -0.15) is 0 Å².